The van der Waals surface area contributed by atoms with E-state index in [1.165, 1.54) is 0 Å². The minimum Gasteiger partial charge on any atom is -0.480 e. The molecule has 0 spiro atoms. The average Bonchev–Trinajstić information content (AvgIpc) is 3.14. The highest BCUT2D eigenvalue weighted by Crippen LogP contribution is 2.33. The lowest BCUT2D eigenvalue weighted by Crippen LogP contribution is -2.40. The first-order valence-electron chi connectivity index (χ1n) is 9.63. The van der Waals surface area contributed by atoms with Crippen LogP contribution in [-0.4, -0.2) is 41.0 Å². The molecule has 0 aliphatic carbocycles. The number of rotatable bonds is 6. The first-order chi connectivity index (χ1) is 14.1. The smallest absolute Gasteiger partial charge is 0.323 e. The zero-order chi connectivity index (χ0) is 20.2. The molecule has 4 rings (SSSR count). The highest BCUT2D eigenvalue weighted by molar-refractivity contribution is 5.83. The topological polar surface area (TPSA) is 78.8 Å². The Labute approximate surface area is 169 Å². The van der Waals surface area contributed by atoms with E-state index in [-0.39, 0.29) is 0 Å². The van der Waals surface area contributed by atoms with Gasteiger partial charge in [0.05, 0.1) is 12.7 Å². The maximum atomic E-state index is 11.1. The van der Waals surface area contributed by atoms with Gasteiger partial charge in [0.25, 0.3) is 0 Å². The van der Waals surface area contributed by atoms with Gasteiger partial charge in [0.15, 0.2) is 0 Å². The Morgan fingerprint density at radius 3 is 2.14 bits per heavy atom. The summed E-state index contributed by atoms with van der Waals surface area (Å²) in [6, 6.07) is 25.6. The largest absolute Gasteiger partial charge is 0.480 e. The van der Waals surface area contributed by atoms with Crippen molar-refractivity contribution in [3.05, 3.63) is 84.4 Å². The Morgan fingerprint density at radius 2 is 1.55 bits per heavy atom. The quantitative estimate of drug-likeness (QED) is 0.603. The Balaban J connectivity index is 1.59. The van der Waals surface area contributed by atoms with Crippen LogP contribution in [0.3, 0.4) is 0 Å². The molecule has 148 valence electrons. The van der Waals surface area contributed by atoms with Gasteiger partial charge in [0, 0.05) is 6.54 Å². The van der Waals surface area contributed by atoms with E-state index in [1.807, 2.05) is 42.5 Å². The van der Waals surface area contributed by atoms with E-state index in [9.17, 15) is 9.90 Å². The van der Waals surface area contributed by atoms with Crippen molar-refractivity contribution in [2.45, 2.75) is 24.9 Å². The highest BCUT2D eigenvalue weighted by atomic mass is 16.5. The summed E-state index contributed by atoms with van der Waals surface area (Å²) in [4.78, 5) is 11.1. The van der Waals surface area contributed by atoms with Gasteiger partial charge in [-0.25, -0.2) is 0 Å². The Bertz CT molecular complexity index is 975. The third-order valence-corrected chi connectivity index (χ3v) is 5.25. The summed E-state index contributed by atoms with van der Waals surface area (Å²) < 4.78 is 5.84. The standard InChI is InChI=1S/C24H23NO4/c26-23-21(14-25-22(23)24(27)28)29-15-16-11-12-19(17-7-3-1-4-8-17)20(13-16)18-9-5-2-6-10-18/h1-13,21-23,25-26H,14-15H2,(H,27,28)/t21-,22+,23+/m0/s1. The van der Waals surface area contributed by atoms with Crippen LogP contribution in [0.1, 0.15) is 5.56 Å². The maximum Gasteiger partial charge on any atom is 0.323 e. The summed E-state index contributed by atoms with van der Waals surface area (Å²) >= 11 is 0. The summed E-state index contributed by atoms with van der Waals surface area (Å²) in [5.74, 6) is -1.07. The first-order valence-corrected chi connectivity index (χ1v) is 9.63. The van der Waals surface area contributed by atoms with Gasteiger partial charge in [-0.3, -0.25) is 10.1 Å². The van der Waals surface area contributed by atoms with Crippen LogP contribution in [0.4, 0.5) is 0 Å². The van der Waals surface area contributed by atoms with Crippen molar-refractivity contribution in [2.75, 3.05) is 6.54 Å². The molecule has 0 saturated carbocycles. The van der Waals surface area contributed by atoms with Crippen molar-refractivity contribution < 1.29 is 19.7 Å². The lowest BCUT2D eigenvalue weighted by molar-refractivity contribution is -0.142. The molecular formula is C24H23NO4. The lowest BCUT2D eigenvalue weighted by atomic mass is 9.93. The van der Waals surface area contributed by atoms with Gasteiger partial charge in [-0.1, -0.05) is 72.8 Å². The van der Waals surface area contributed by atoms with Gasteiger partial charge >= 0.3 is 5.97 Å². The van der Waals surface area contributed by atoms with Crippen LogP contribution in [0, 0.1) is 0 Å². The summed E-state index contributed by atoms with van der Waals surface area (Å²) in [7, 11) is 0. The van der Waals surface area contributed by atoms with Crippen molar-refractivity contribution in [3.8, 4) is 22.3 Å². The molecule has 1 fully saturated rings. The number of aliphatic hydroxyl groups excluding tert-OH is 1. The predicted octanol–water partition coefficient (Wildman–Crippen LogP) is 3.32. The monoisotopic (exact) mass is 389 g/mol. The molecular weight excluding hydrogens is 366 g/mol. The lowest BCUT2D eigenvalue weighted by Gasteiger charge is -2.18. The fraction of sp³-hybridized carbons (Fsp3) is 0.208. The first kappa shape index (κ1) is 19.3. The number of nitrogens with one attached hydrogen (secondary N) is 1. The predicted molar refractivity (Wildman–Crippen MR) is 111 cm³/mol. The van der Waals surface area contributed by atoms with Crippen LogP contribution < -0.4 is 5.32 Å². The van der Waals surface area contributed by atoms with Crippen molar-refractivity contribution in [1.82, 2.24) is 5.32 Å². The molecule has 1 aliphatic heterocycles. The molecule has 0 bridgehead atoms. The van der Waals surface area contributed by atoms with Crippen LogP contribution in [0.25, 0.3) is 22.3 Å². The number of carbonyl (C=O) groups is 1. The molecule has 5 heteroatoms. The molecule has 29 heavy (non-hydrogen) atoms. The van der Waals surface area contributed by atoms with Gasteiger partial charge < -0.3 is 14.9 Å². The van der Waals surface area contributed by atoms with Crippen molar-refractivity contribution in [2.24, 2.45) is 0 Å². The molecule has 3 atom stereocenters. The number of aliphatic carboxylic acids is 1. The molecule has 0 amide bonds. The van der Waals surface area contributed by atoms with Crippen LogP contribution in [0.2, 0.25) is 0 Å². The molecule has 3 aromatic carbocycles. The number of ether oxygens (including phenoxy) is 1. The van der Waals surface area contributed by atoms with Crippen LogP contribution in [-0.2, 0) is 16.1 Å². The van der Waals surface area contributed by atoms with E-state index in [1.54, 1.807) is 0 Å². The second-order valence-electron chi connectivity index (χ2n) is 7.18. The van der Waals surface area contributed by atoms with E-state index in [0.29, 0.717) is 13.2 Å². The molecule has 0 aromatic heterocycles. The second-order valence-corrected chi connectivity index (χ2v) is 7.18. The van der Waals surface area contributed by atoms with Gasteiger partial charge in [0.2, 0.25) is 0 Å². The SMILES string of the molecule is O=C(O)[C@@H]1NC[C@H](OCc2ccc(-c3ccccc3)c(-c3ccccc3)c2)[C@H]1O. The fourth-order valence-electron chi connectivity index (χ4n) is 3.70. The van der Waals surface area contributed by atoms with Crippen LogP contribution in [0.5, 0.6) is 0 Å². The number of carboxylic acid groups (broad SMARTS) is 1. The summed E-state index contributed by atoms with van der Waals surface area (Å²) in [6.07, 6.45) is -1.62. The van der Waals surface area contributed by atoms with Crippen molar-refractivity contribution >= 4 is 5.97 Å². The Morgan fingerprint density at radius 1 is 0.931 bits per heavy atom. The number of aliphatic hydroxyl groups is 1. The minimum atomic E-state index is -1.07. The molecule has 1 heterocycles. The van der Waals surface area contributed by atoms with E-state index in [4.69, 9.17) is 9.84 Å². The number of carboxylic acids is 1. The molecule has 1 saturated heterocycles. The zero-order valence-corrected chi connectivity index (χ0v) is 15.9. The van der Waals surface area contributed by atoms with Gasteiger partial charge in [-0.05, 0) is 33.9 Å². The maximum absolute atomic E-state index is 11.1. The third kappa shape index (κ3) is 4.22. The van der Waals surface area contributed by atoms with Gasteiger partial charge in [-0.15, -0.1) is 0 Å². The van der Waals surface area contributed by atoms with Crippen molar-refractivity contribution in [1.29, 1.82) is 0 Å². The zero-order valence-electron chi connectivity index (χ0n) is 15.9. The highest BCUT2D eigenvalue weighted by Gasteiger charge is 2.39. The van der Waals surface area contributed by atoms with E-state index >= 15 is 0 Å². The molecule has 0 unspecified atom stereocenters. The van der Waals surface area contributed by atoms with E-state index in [2.05, 4.69) is 41.7 Å². The van der Waals surface area contributed by atoms with Crippen molar-refractivity contribution in [3.63, 3.8) is 0 Å². The molecule has 5 nitrogen and oxygen atoms in total. The van der Waals surface area contributed by atoms with Gasteiger partial charge in [-0.2, -0.15) is 0 Å². The third-order valence-electron chi connectivity index (χ3n) is 5.25. The molecule has 0 radical (unpaired) electrons. The van der Waals surface area contributed by atoms with Crippen LogP contribution >= 0.6 is 0 Å². The average molecular weight is 389 g/mol. The number of hydrogen-bond donors (Lipinski definition) is 3. The number of hydrogen-bond acceptors (Lipinski definition) is 4. The van der Waals surface area contributed by atoms with Crippen LogP contribution in [0.15, 0.2) is 78.9 Å². The van der Waals surface area contributed by atoms with E-state index < -0.39 is 24.2 Å². The Hall–Kier alpha value is -2.99. The molecule has 1 aliphatic rings. The molecule has 3 aromatic rings. The number of benzene rings is 3. The van der Waals surface area contributed by atoms with E-state index in [0.717, 1.165) is 27.8 Å². The summed E-state index contributed by atoms with van der Waals surface area (Å²) in [6.45, 7) is 0.608. The Kier molecular flexibility index (Phi) is 5.71. The molecule has 3 N–H and O–H groups in total. The fourth-order valence-corrected chi connectivity index (χ4v) is 3.70. The summed E-state index contributed by atoms with van der Waals surface area (Å²) in [5.41, 5.74) is 5.45. The summed E-state index contributed by atoms with van der Waals surface area (Å²) in [5, 5.41) is 22.0. The normalized spacial score (nSPS) is 21.2. The van der Waals surface area contributed by atoms with Gasteiger partial charge in [0.1, 0.15) is 12.1 Å². The second kappa shape index (κ2) is 8.57. The minimum absolute atomic E-state index is 0.296.